The van der Waals surface area contributed by atoms with Crippen molar-refractivity contribution in [2.75, 3.05) is 18.4 Å². The number of nitrogens with zero attached hydrogens (tertiary/aromatic N) is 1. The number of carbonyl (C=O) groups excluding carboxylic acids is 2. The molecule has 1 rings (SSSR count). The number of anilines is 1. The van der Waals surface area contributed by atoms with Gasteiger partial charge in [0, 0.05) is 11.8 Å². The maximum absolute atomic E-state index is 11.5. The van der Waals surface area contributed by atoms with Crippen LogP contribution in [-0.4, -0.2) is 35.1 Å². The van der Waals surface area contributed by atoms with Crippen molar-refractivity contribution in [1.29, 1.82) is 0 Å². The Hall–Kier alpha value is -1.89. The molecule has 0 aliphatic carbocycles. The lowest BCUT2D eigenvalue weighted by molar-refractivity contribution is -0.123. The van der Waals surface area contributed by atoms with Crippen LogP contribution < -0.4 is 16.4 Å². The Morgan fingerprint density at radius 1 is 1.37 bits per heavy atom. The summed E-state index contributed by atoms with van der Waals surface area (Å²) >= 11 is 0. The van der Waals surface area contributed by atoms with Crippen molar-refractivity contribution in [2.45, 2.75) is 27.2 Å². The number of nitrogens with one attached hydrogen (secondary N) is 3. The Labute approximate surface area is 112 Å². The number of H-pyrrole nitrogens is 1. The standard InChI is InChI=1S/C12H21N5O2/c1-12(2,3)5-8-4-9(17-16-8)15-11(19)7-14-10(18)6-13/h4H,5-7,13H2,1-3H3,(H,14,18)(H2,15,16,17,19). The van der Waals surface area contributed by atoms with E-state index in [4.69, 9.17) is 5.73 Å². The molecule has 1 heterocycles. The minimum absolute atomic E-state index is 0.114. The smallest absolute Gasteiger partial charge is 0.244 e. The van der Waals surface area contributed by atoms with Crippen LogP contribution in [0.2, 0.25) is 0 Å². The number of amides is 2. The van der Waals surface area contributed by atoms with E-state index in [1.54, 1.807) is 6.07 Å². The highest BCUT2D eigenvalue weighted by molar-refractivity contribution is 5.94. The first-order valence-corrected chi connectivity index (χ1v) is 6.11. The molecule has 2 amide bonds. The lowest BCUT2D eigenvalue weighted by Gasteiger charge is -2.15. The molecule has 0 atom stereocenters. The van der Waals surface area contributed by atoms with Crippen molar-refractivity contribution < 1.29 is 9.59 Å². The highest BCUT2D eigenvalue weighted by Gasteiger charge is 2.14. The van der Waals surface area contributed by atoms with E-state index in [-0.39, 0.29) is 30.3 Å². The monoisotopic (exact) mass is 267 g/mol. The third kappa shape index (κ3) is 6.01. The SMILES string of the molecule is CC(C)(C)Cc1cc(NC(=O)CNC(=O)CN)n[nH]1. The summed E-state index contributed by atoms with van der Waals surface area (Å²) in [5.74, 6) is -0.257. The Morgan fingerprint density at radius 2 is 2.05 bits per heavy atom. The first-order chi connectivity index (χ1) is 8.80. The molecule has 5 N–H and O–H groups in total. The largest absolute Gasteiger partial charge is 0.346 e. The fraction of sp³-hybridized carbons (Fsp3) is 0.583. The summed E-state index contributed by atoms with van der Waals surface area (Å²) < 4.78 is 0. The molecule has 0 spiro atoms. The van der Waals surface area contributed by atoms with Crippen LogP contribution in [0.5, 0.6) is 0 Å². The van der Waals surface area contributed by atoms with Crippen molar-refractivity contribution in [3.05, 3.63) is 11.8 Å². The van der Waals surface area contributed by atoms with Gasteiger partial charge in [-0.2, -0.15) is 5.10 Å². The lowest BCUT2D eigenvalue weighted by atomic mass is 9.91. The molecule has 19 heavy (non-hydrogen) atoms. The zero-order valence-electron chi connectivity index (χ0n) is 11.5. The van der Waals surface area contributed by atoms with E-state index in [9.17, 15) is 9.59 Å². The number of hydrogen-bond acceptors (Lipinski definition) is 4. The van der Waals surface area contributed by atoms with Gasteiger partial charge < -0.3 is 16.4 Å². The van der Waals surface area contributed by atoms with Crippen molar-refractivity contribution >= 4 is 17.6 Å². The van der Waals surface area contributed by atoms with Crippen LogP contribution in [0.15, 0.2) is 6.07 Å². The summed E-state index contributed by atoms with van der Waals surface area (Å²) in [5.41, 5.74) is 6.21. The van der Waals surface area contributed by atoms with Crippen LogP contribution in [0.4, 0.5) is 5.82 Å². The van der Waals surface area contributed by atoms with Crippen molar-refractivity contribution in [3.63, 3.8) is 0 Å². The minimum Gasteiger partial charge on any atom is -0.346 e. The van der Waals surface area contributed by atoms with Crippen LogP contribution >= 0.6 is 0 Å². The van der Waals surface area contributed by atoms with Gasteiger partial charge in [-0.25, -0.2) is 0 Å². The fourth-order valence-electron chi connectivity index (χ4n) is 1.53. The molecule has 0 unspecified atom stereocenters. The normalized spacial score (nSPS) is 11.2. The third-order valence-electron chi connectivity index (χ3n) is 2.25. The molecule has 0 aromatic carbocycles. The van der Waals surface area contributed by atoms with E-state index in [1.165, 1.54) is 0 Å². The molecule has 0 saturated carbocycles. The number of aromatic nitrogens is 2. The van der Waals surface area contributed by atoms with Crippen molar-refractivity contribution in [2.24, 2.45) is 11.1 Å². The summed E-state index contributed by atoms with van der Waals surface area (Å²) in [5, 5.41) is 11.8. The predicted molar refractivity (Wildman–Crippen MR) is 72.4 cm³/mol. The second kappa shape index (κ2) is 6.33. The van der Waals surface area contributed by atoms with Gasteiger partial charge in [-0.1, -0.05) is 20.8 Å². The molecule has 0 radical (unpaired) electrons. The molecule has 0 fully saturated rings. The van der Waals surface area contributed by atoms with E-state index < -0.39 is 0 Å². The molecule has 1 aromatic heterocycles. The molecule has 0 aliphatic heterocycles. The van der Waals surface area contributed by atoms with Crippen LogP contribution in [0, 0.1) is 5.41 Å². The van der Waals surface area contributed by atoms with Gasteiger partial charge in [-0.05, 0) is 11.8 Å². The summed E-state index contributed by atoms with van der Waals surface area (Å²) in [6, 6.07) is 1.79. The van der Waals surface area contributed by atoms with E-state index in [0.717, 1.165) is 12.1 Å². The first-order valence-electron chi connectivity index (χ1n) is 6.11. The van der Waals surface area contributed by atoms with Gasteiger partial charge in [0.1, 0.15) is 0 Å². The maximum Gasteiger partial charge on any atom is 0.244 e. The Morgan fingerprint density at radius 3 is 2.63 bits per heavy atom. The average molecular weight is 267 g/mol. The van der Waals surface area contributed by atoms with E-state index >= 15 is 0 Å². The van der Waals surface area contributed by atoms with Crippen molar-refractivity contribution in [1.82, 2.24) is 15.5 Å². The van der Waals surface area contributed by atoms with Crippen molar-refractivity contribution in [3.8, 4) is 0 Å². The predicted octanol–water partition coefficient (Wildman–Crippen LogP) is 0.0117. The molecule has 106 valence electrons. The van der Waals surface area contributed by atoms with Crippen LogP contribution in [0.1, 0.15) is 26.5 Å². The molecule has 1 aromatic rings. The van der Waals surface area contributed by atoms with Gasteiger partial charge in [-0.3, -0.25) is 14.7 Å². The zero-order chi connectivity index (χ0) is 14.5. The number of carbonyl (C=O) groups is 2. The number of nitrogens with two attached hydrogens (primary N) is 1. The molecule has 0 aliphatic rings. The molecular formula is C12H21N5O2. The van der Waals surface area contributed by atoms with Gasteiger partial charge >= 0.3 is 0 Å². The molecule has 7 nitrogen and oxygen atoms in total. The second-order valence-corrected chi connectivity index (χ2v) is 5.54. The Bertz CT molecular complexity index is 447. The van der Waals surface area contributed by atoms with E-state index in [1.807, 2.05) is 0 Å². The van der Waals surface area contributed by atoms with Crippen LogP contribution in [-0.2, 0) is 16.0 Å². The van der Waals surface area contributed by atoms with Gasteiger partial charge in [-0.15, -0.1) is 0 Å². The van der Waals surface area contributed by atoms with E-state index in [0.29, 0.717) is 5.82 Å². The third-order valence-corrected chi connectivity index (χ3v) is 2.25. The fourth-order valence-corrected chi connectivity index (χ4v) is 1.53. The second-order valence-electron chi connectivity index (χ2n) is 5.54. The van der Waals surface area contributed by atoms with E-state index in [2.05, 4.69) is 41.6 Å². The highest BCUT2D eigenvalue weighted by atomic mass is 16.2. The molecule has 0 bridgehead atoms. The van der Waals surface area contributed by atoms with Gasteiger partial charge in [0.2, 0.25) is 11.8 Å². The molecule has 0 saturated heterocycles. The summed E-state index contributed by atoms with van der Waals surface area (Å²) in [7, 11) is 0. The first kappa shape index (κ1) is 15.2. The summed E-state index contributed by atoms with van der Waals surface area (Å²) in [6.07, 6.45) is 0.833. The maximum atomic E-state index is 11.5. The van der Waals surface area contributed by atoms with Gasteiger partial charge in [0.15, 0.2) is 5.82 Å². The zero-order valence-corrected chi connectivity index (χ0v) is 11.5. The molecule has 7 heteroatoms. The molecular weight excluding hydrogens is 246 g/mol. The quantitative estimate of drug-likeness (QED) is 0.602. The average Bonchev–Trinajstić information content (AvgIpc) is 2.70. The Kier molecular flexibility index (Phi) is 5.05. The topological polar surface area (TPSA) is 113 Å². The minimum atomic E-state index is -0.370. The number of hydrogen-bond donors (Lipinski definition) is 4. The Balaban J connectivity index is 2.45. The lowest BCUT2D eigenvalue weighted by Crippen LogP contribution is -2.36. The highest BCUT2D eigenvalue weighted by Crippen LogP contribution is 2.20. The number of rotatable bonds is 5. The van der Waals surface area contributed by atoms with Gasteiger partial charge in [0.25, 0.3) is 0 Å². The summed E-state index contributed by atoms with van der Waals surface area (Å²) in [4.78, 5) is 22.4. The number of aromatic amines is 1. The van der Waals surface area contributed by atoms with Crippen LogP contribution in [0.3, 0.4) is 0 Å². The summed E-state index contributed by atoms with van der Waals surface area (Å²) in [6.45, 7) is 6.11. The van der Waals surface area contributed by atoms with Crippen LogP contribution in [0.25, 0.3) is 0 Å². The van der Waals surface area contributed by atoms with Gasteiger partial charge in [0.05, 0.1) is 13.1 Å².